The first-order valence-corrected chi connectivity index (χ1v) is 4.93. The molecular weight excluding hydrogens is 219 g/mol. The molecular formula is C10H14F3N3. The van der Waals surface area contributed by atoms with E-state index in [1.54, 1.807) is 19.9 Å². The SMILES string of the molecule is Cc1cc(C(N)CCC(F)(F)F)c(C)nn1. The maximum absolute atomic E-state index is 12.0. The molecule has 0 radical (unpaired) electrons. The monoisotopic (exact) mass is 233 g/mol. The molecule has 0 aliphatic heterocycles. The first kappa shape index (κ1) is 12.9. The van der Waals surface area contributed by atoms with Crippen molar-refractivity contribution >= 4 is 0 Å². The summed E-state index contributed by atoms with van der Waals surface area (Å²) in [4.78, 5) is 0. The molecule has 0 saturated carbocycles. The lowest BCUT2D eigenvalue weighted by Crippen LogP contribution is -2.17. The van der Waals surface area contributed by atoms with Crippen LogP contribution in [0.15, 0.2) is 6.07 Å². The zero-order valence-corrected chi connectivity index (χ0v) is 9.17. The lowest BCUT2D eigenvalue weighted by Gasteiger charge is -2.15. The van der Waals surface area contributed by atoms with Crippen molar-refractivity contribution in [3.63, 3.8) is 0 Å². The quantitative estimate of drug-likeness (QED) is 0.872. The Labute approximate surface area is 91.9 Å². The van der Waals surface area contributed by atoms with Gasteiger partial charge in [-0.15, -0.1) is 0 Å². The Morgan fingerprint density at radius 2 is 1.94 bits per heavy atom. The smallest absolute Gasteiger partial charge is 0.324 e. The summed E-state index contributed by atoms with van der Waals surface area (Å²) >= 11 is 0. The third kappa shape index (κ3) is 3.77. The van der Waals surface area contributed by atoms with Gasteiger partial charge in [0.15, 0.2) is 0 Å². The minimum Gasteiger partial charge on any atom is -0.324 e. The van der Waals surface area contributed by atoms with E-state index in [1.165, 1.54) is 0 Å². The van der Waals surface area contributed by atoms with Gasteiger partial charge in [0.25, 0.3) is 0 Å². The largest absolute Gasteiger partial charge is 0.389 e. The standard InChI is InChI=1S/C10H14F3N3/c1-6-5-8(7(2)16-15-6)9(14)3-4-10(11,12)13/h5,9H,3-4,14H2,1-2H3. The van der Waals surface area contributed by atoms with E-state index in [2.05, 4.69) is 10.2 Å². The summed E-state index contributed by atoms with van der Waals surface area (Å²) in [6.07, 6.45) is -5.18. The molecule has 6 heteroatoms. The van der Waals surface area contributed by atoms with Gasteiger partial charge in [-0.2, -0.15) is 23.4 Å². The normalized spacial score (nSPS) is 13.9. The van der Waals surface area contributed by atoms with E-state index in [-0.39, 0.29) is 6.42 Å². The molecule has 0 spiro atoms. The third-order valence-electron chi connectivity index (χ3n) is 2.28. The van der Waals surface area contributed by atoms with Crippen LogP contribution in [0.4, 0.5) is 13.2 Å². The molecule has 2 N–H and O–H groups in total. The van der Waals surface area contributed by atoms with Gasteiger partial charge in [0.05, 0.1) is 11.4 Å². The molecule has 90 valence electrons. The van der Waals surface area contributed by atoms with Gasteiger partial charge in [-0.05, 0) is 31.9 Å². The van der Waals surface area contributed by atoms with Gasteiger partial charge in [0, 0.05) is 12.5 Å². The predicted octanol–water partition coefficient (Wildman–Crippen LogP) is 2.44. The second-order valence-electron chi connectivity index (χ2n) is 3.79. The first-order valence-electron chi connectivity index (χ1n) is 4.93. The Hall–Kier alpha value is -1.17. The third-order valence-corrected chi connectivity index (χ3v) is 2.28. The molecule has 0 aliphatic rings. The van der Waals surface area contributed by atoms with Crippen molar-refractivity contribution in [3.8, 4) is 0 Å². The van der Waals surface area contributed by atoms with E-state index < -0.39 is 18.6 Å². The number of nitrogens with zero attached hydrogens (tertiary/aromatic N) is 2. The van der Waals surface area contributed by atoms with Gasteiger partial charge in [-0.25, -0.2) is 0 Å². The summed E-state index contributed by atoms with van der Waals surface area (Å²) in [6, 6.07) is 1.04. The highest BCUT2D eigenvalue weighted by molar-refractivity contribution is 5.23. The number of nitrogens with two attached hydrogens (primary N) is 1. The van der Waals surface area contributed by atoms with Crippen LogP contribution in [0.3, 0.4) is 0 Å². The fourth-order valence-electron chi connectivity index (χ4n) is 1.42. The Bertz CT molecular complexity index is 363. The lowest BCUT2D eigenvalue weighted by molar-refractivity contribution is -0.136. The molecule has 0 saturated heterocycles. The summed E-state index contributed by atoms with van der Waals surface area (Å²) in [6.45, 7) is 3.42. The summed E-state index contributed by atoms with van der Waals surface area (Å²) in [5, 5.41) is 7.64. The van der Waals surface area contributed by atoms with Crippen molar-refractivity contribution in [1.82, 2.24) is 10.2 Å². The second-order valence-corrected chi connectivity index (χ2v) is 3.79. The summed E-state index contributed by atoms with van der Waals surface area (Å²) in [5.74, 6) is 0. The average Bonchev–Trinajstić information content (AvgIpc) is 2.17. The van der Waals surface area contributed by atoms with Crippen LogP contribution in [0.1, 0.15) is 35.8 Å². The molecule has 0 aromatic carbocycles. The van der Waals surface area contributed by atoms with Crippen LogP contribution >= 0.6 is 0 Å². The van der Waals surface area contributed by atoms with E-state index >= 15 is 0 Å². The number of aromatic nitrogens is 2. The van der Waals surface area contributed by atoms with Crippen molar-refractivity contribution in [2.75, 3.05) is 0 Å². The molecule has 1 aromatic rings. The summed E-state index contributed by atoms with van der Waals surface area (Å²) in [7, 11) is 0. The van der Waals surface area contributed by atoms with E-state index in [9.17, 15) is 13.2 Å². The van der Waals surface area contributed by atoms with Crippen molar-refractivity contribution < 1.29 is 13.2 Å². The van der Waals surface area contributed by atoms with E-state index in [1.807, 2.05) is 0 Å². The highest BCUT2D eigenvalue weighted by atomic mass is 19.4. The molecule has 1 heterocycles. The van der Waals surface area contributed by atoms with E-state index in [4.69, 9.17) is 5.73 Å². The van der Waals surface area contributed by atoms with Crippen LogP contribution in [0.5, 0.6) is 0 Å². The van der Waals surface area contributed by atoms with Crippen molar-refractivity contribution in [2.24, 2.45) is 5.73 Å². The molecule has 0 aliphatic carbocycles. The topological polar surface area (TPSA) is 51.8 Å². The molecule has 0 amide bonds. The second kappa shape index (κ2) is 4.78. The van der Waals surface area contributed by atoms with Crippen LogP contribution in [0.25, 0.3) is 0 Å². The number of hydrogen-bond acceptors (Lipinski definition) is 3. The minimum atomic E-state index is -4.17. The molecule has 1 aromatic heterocycles. The molecule has 0 fully saturated rings. The molecule has 0 bridgehead atoms. The zero-order valence-electron chi connectivity index (χ0n) is 9.17. The van der Waals surface area contributed by atoms with Crippen LogP contribution in [0, 0.1) is 13.8 Å². The highest BCUT2D eigenvalue weighted by Gasteiger charge is 2.28. The van der Waals surface area contributed by atoms with Gasteiger partial charge in [0.2, 0.25) is 0 Å². The number of alkyl halides is 3. The number of rotatable bonds is 3. The molecule has 1 atom stereocenters. The zero-order chi connectivity index (χ0) is 12.3. The Morgan fingerprint density at radius 1 is 1.31 bits per heavy atom. The first-order chi connectivity index (χ1) is 7.29. The molecule has 3 nitrogen and oxygen atoms in total. The van der Waals surface area contributed by atoms with Crippen molar-refractivity contribution in [2.45, 2.75) is 38.9 Å². The maximum Gasteiger partial charge on any atom is 0.389 e. The van der Waals surface area contributed by atoms with Crippen LogP contribution in [-0.2, 0) is 0 Å². The van der Waals surface area contributed by atoms with E-state index in [0.717, 1.165) is 0 Å². The Balaban J connectivity index is 2.73. The Kier molecular flexibility index (Phi) is 3.85. The van der Waals surface area contributed by atoms with Gasteiger partial charge >= 0.3 is 6.18 Å². The summed E-state index contributed by atoms with van der Waals surface area (Å²) < 4.78 is 36.1. The van der Waals surface area contributed by atoms with Gasteiger partial charge in [-0.3, -0.25) is 0 Å². The lowest BCUT2D eigenvalue weighted by atomic mass is 10.0. The van der Waals surface area contributed by atoms with Gasteiger partial charge < -0.3 is 5.73 Å². The molecule has 16 heavy (non-hydrogen) atoms. The van der Waals surface area contributed by atoms with Crippen LogP contribution in [0.2, 0.25) is 0 Å². The fourth-order valence-corrected chi connectivity index (χ4v) is 1.42. The number of hydrogen-bond donors (Lipinski definition) is 1. The van der Waals surface area contributed by atoms with Crippen molar-refractivity contribution in [3.05, 3.63) is 23.0 Å². The van der Waals surface area contributed by atoms with Crippen LogP contribution < -0.4 is 5.73 Å². The minimum absolute atomic E-state index is 0.129. The van der Waals surface area contributed by atoms with Crippen molar-refractivity contribution in [1.29, 1.82) is 0 Å². The fraction of sp³-hybridized carbons (Fsp3) is 0.600. The highest BCUT2D eigenvalue weighted by Crippen LogP contribution is 2.27. The summed E-state index contributed by atoms with van der Waals surface area (Å²) in [5.41, 5.74) is 7.58. The predicted molar refractivity (Wildman–Crippen MR) is 53.7 cm³/mol. The Morgan fingerprint density at radius 3 is 2.50 bits per heavy atom. The average molecular weight is 233 g/mol. The van der Waals surface area contributed by atoms with E-state index in [0.29, 0.717) is 17.0 Å². The number of halogens is 3. The van der Waals surface area contributed by atoms with Crippen LogP contribution in [-0.4, -0.2) is 16.4 Å². The van der Waals surface area contributed by atoms with Gasteiger partial charge in [-0.1, -0.05) is 0 Å². The molecule has 1 rings (SSSR count). The molecule has 1 unspecified atom stereocenters. The van der Waals surface area contributed by atoms with Gasteiger partial charge in [0.1, 0.15) is 0 Å². The number of aryl methyl sites for hydroxylation is 2. The maximum atomic E-state index is 12.0.